The van der Waals surface area contributed by atoms with Crippen molar-refractivity contribution < 1.29 is 0 Å². The number of rotatable bonds is 6. The molecule has 2 aliphatic rings. The molecule has 1 saturated heterocycles. The smallest absolute Gasteiger partial charge is 0.147 e. The van der Waals surface area contributed by atoms with E-state index < -0.39 is 0 Å². The van der Waals surface area contributed by atoms with E-state index in [0.29, 0.717) is 6.04 Å². The van der Waals surface area contributed by atoms with Gasteiger partial charge in [-0.05, 0) is 25.7 Å². The summed E-state index contributed by atoms with van der Waals surface area (Å²) in [6.45, 7) is 5.47. The lowest BCUT2D eigenvalue weighted by Crippen LogP contribution is -2.28. The van der Waals surface area contributed by atoms with Crippen LogP contribution in [-0.4, -0.2) is 46.6 Å². The fourth-order valence-electron chi connectivity index (χ4n) is 2.66. The third-order valence-corrected chi connectivity index (χ3v) is 3.83. The minimum Gasteiger partial charge on any atom is -0.369 e. The summed E-state index contributed by atoms with van der Waals surface area (Å²) in [5, 5.41) is 6.79. The van der Waals surface area contributed by atoms with Crippen LogP contribution in [0.2, 0.25) is 0 Å². The zero-order valence-electron chi connectivity index (χ0n) is 11.6. The van der Waals surface area contributed by atoms with Crippen molar-refractivity contribution in [2.45, 2.75) is 44.7 Å². The van der Waals surface area contributed by atoms with Crippen LogP contribution in [0.1, 0.15) is 32.6 Å². The summed E-state index contributed by atoms with van der Waals surface area (Å²) < 4.78 is 0. The molecule has 1 aromatic heterocycles. The predicted molar refractivity (Wildman–Crippen MR) is 77.4 cm³/mol. The van der Waals surface area contributed by atoms with E-state index in [1.165, 1.54) is 25.8 Å². The maximum absolute atomic E-state index is 4.56. The van der Waals surface area contributed by atoms with Gasteiger partial charge in [-0.1, -0.05) is 6.92 Å². The lowest BCUT2D eigenvalue weighted by molar-refractivity contribution is 0.326. The SMILES string of the molecule is CCCNc1cncc(NC2CCN(C3CC3)C2)n1. The summed E-state index contributed by atoms with van der Waals surface area (Å²) in [5.74, 6) is 1.76. The van der Waals surface area contributed by atoms with Crippen LogP contribution >= 0.6 is 0 Å². The Morgan fingerprint density at radius 3 is 2.89 bits per heavy atom. The Kier molecular flexibility index (Phi) is 3.82. The normalized spacial score (nSPS) is 23.5. The Balaban J connectivity index is 1.54. The molecule has 0 aromatic carbocycles. The van der Waals surface area contributed by atoms with Gasteiger partial charge in [-0.25, -0.2) is 4.98 Å². The standard InChI is InChI=1S/C14H23N5/c1-2-6-16-13-8-15-9-14(18-13)17-11-5-7-19(10-11)12-3-4-12/h8-9,11-12H,2-7,10H2,1H3,(H2,16,17,18). The second-order valence-corrected chi connectivity index (χ2v) is 5.57. The molecule has 1 saturated carbocycles. The van der Waals surface area contributed by atoms with Crippen LogP contribution in [0.5, 0.6) is 0 Å². The molecule has 3 rings (SSSR count). The van der Waals surface area contributed by atoms with Crippen LogP contribution in [0.4, 0.5) is 11.6 Å². The van der Waals surface area contributed by atoms with Crippen molar-refractivity contribution in [3.63, 3.8) is 0 Å². The van der Waals surface area contributed by atoms with Gasteiger partial charge in [0.25, 0.3) is 0 Å². The van der Waals surface area contributed by atoms with E-state index in [2.05, 4.69) is 32.4 Å². The van der Waals surface area contributed by atoms with Gasteiger partial charge in [-0.15, -0.1) is 0 Å². The summed E-state index contributed by atoms with van der Waals surface area (Å²) in [4.78, 5) is 11.4. The Bertz CT molecular complexity index is 418. The van der Waals surface area contributed by atoms with Gasteiger partial charge in [0.1, 0.15) is 11.6 Å². The third-order valence-electron chi connectivity index (χ3n) is 3.83. The van der Waals surface area contributed by atoms with Gasteiger partial charge in [-0.2, -0.15) is 0 Å². The van der Waals surface area contributed by atoms with Crippen LogP contribution in [0.25, 0.3) is 0 Å². The first-order valence-corrected chi connectivity index (χ1v) is 7.41. The summed E-state index contributed by atoms with van der Waals surface area (Å²) in [6, 6.07) is 1.40. The highest BCUT2D eigenvalue weighted by Gasteiger charge is 2.34. The van der Waals surface area contributed by atoms with Crippen LogP contribution in [0.3, 0.4) is 0 Å². The minimum absolute atomic E-state index is 0.524. The highest BCUT2D eigenvalue weighted by Crippen LogP contribution is 2.30. The topological polar surface area (TPSA) is 53.1 Å². The Hall–Kier alpha value is -1.36. The molecule has 0 spiro atoms. The predicted octanol–water partition coefficient (Wildman–Crippen LogP) is 1.95. The van der Waals surface area contributed by atoms with Gasteiger partial charge in [0.15, 0.2) is 0 Å². The Labute approximate surface area is 114 Å². The van der Waals surface area contributed by atoms with Crippen molar-refractivity contribution in [1.82, 2.24) is 14.9 Å². The van der Waals surface area contributed by atoms with Crippen LogP contribution < -0.4 is 10.6 Å². The van der Waals surface area contributed by atoms with E-state index in [1.807, 2.05) is 6.20 Å². The van der Waals surface area contributed by atoms with Gasteiger partial charge in [0, 0.05) is 31.7 Å². The van der Waals surface area contributed by atoms with Crippen LogP contribution in [0, 0.1) is 0 Å². The van der Waals surface area contributed by atoms with Crippen molar-refractivity contribution in [2.75, 3.05) is 30.3 Å². The molecule has 1 aliphatic heterocycles. The summed E-state index contributed by atoms with van der Waals surface area (Å²) in [7, 11) is 0. The number of aromatic nitrogens is 2. The fraction of sp³-hybridized carbons (Fsp3) is 0.714. The molecule has 1 aromatic rings. The fourth-order valence-corrected chi connectivity index (χ4v) is 2.66. The number of likely N-dealkylation sites (tertiary alicyclic amines) is 1. The van der Waals surface area contributed by atoms with Gasteiger partial charge < -0.3 is 10.6 Å². The monoisotopic (exact) mass is 261 g/mol. The molecule has 2 N–H and O–H groups in total. The third kappa shape index (κ3) is 3.35. The maximum atomic E-state index is 4.56. The molecule has 1 aliphatic carbocycles. The molecule has 5 nitrogen and oxygen atoms in total. The largest absolute Gasteiger partial charge is 0.369 e. The number of nitrogens with one attached hydrogen (secondary N) is 2. The molecule has 0 amide bonds. The minimum atomic E-state index is 0.524. The first-order chi connectivity index (χ1) is 9.35. The van der Waals surface area contributed by atoms with Gasteiger partial charge >= 0.3 is 0 Å². The first-order valence-electron chi connectivity index (χ1n) is 7.41. The molecule has 0 bridgehead atoms. The van der Waals surface area contributed by atoms with Crippen molar-refractivity contribution in [2.24, 2.45) is 0 Å². The van der Waals surface area contributed by atoms with Gasteiger partial charge in [-0.3, -0.25) is 9.88 Å². The van der Waals surface area contributed by atoms with Crippen LogP contribution in [-0.2, 0) is 0 Å². The zero-order valence-corrected chi connectivity index (χ0v) is 11.6. The number of hydrogen-bond donors (Lipinski definition) is 2. The van der Waals surface area contributed by atoms with Crippen molar-refractivity contribution in [3.05, 3.63) is 12.4 Å². The molecule has 5 heteroatoms. The van der Waals surface area contributed by atoms with Crippen molar-refractivity contribution in [3.8, 4) is 0 Å². The summed E-state index contributed by atoms with van der Waals surface area (Å²) in [5.41, 5.74) is 0. The zero-order chi connectivity index (χ0) is 13.1. The number of hydrogen-bond acceptors (Lipinski definition) is 5. The second-order valence-electron chi connectivity index (χ2n) is 5.57. The quantitative estimate of drug-likeness (QED) is 0.819. The van der Waals surface area contributed by atoms with Gasteiger partial charge in [0.05, 0.1) is 12.4 Å². The first kappa shape index (κ1) is 12.7. The number of nitrogens with zero attached hydrogens (tertiary/aromatic N) is 3. The molecular weight excluding hydrogens is 238 g/mol. The highest BCUT2D eigenvalue weighted by atomic mass is 15.2. The molecule has 0 radical (unpaired) electrons. The maximum Gasteiger partial charge on any atom is 0.147 e. The van der Waals surface area contributed by atoms with E-state index in [9.17, 15) is 0 Å². The van der Waals surface area contributed by atoms with Crippen molar-refractivity contribution >= 4 is 11.6 Å². The molecular formula is C14H23N5. The summed E-state index contributed by atoms with van der Waals surface area (Å²) >= 11 is 0. The van der Waals surface area contributed by atoms with E-state index in [-0.39, 0.29) is 0 Å². The molecule has 2 heterocycles. The number of anilines is 2. The second kappa shape index (κ2) is 5.74. The molecule has 2 fully saturated rings. The molecule has 104 valence electrons. The average molecular weight is 261 g/mol. The lowest BCUT2D eigenvalue weighted by Gasteiger charge is -2.16. The summed E-state index contributed by atoms with van der Waals surface area (Å²) in [6.07, 6.45) is 8.69. The Morgan fingerprint density at radius 1 is 1.26 bits per heavy atom. The van der Waals surface area contributed by atoms with Gasteiger partial charge in [0.2, 0.25) is 0 Å². The lowest BCUT2D eigenvalue weighted by atomic mass is 10.2. The van der Waals surface area contributed by atoms with E-state index in [1.54, 1.807) is 6.20 Å². The van der Waals surface area contributed by atoms with E-state index in [0.717, 1.165) is 37.2 Å². The van der Waals surface area contributed by atoms with Crippen LogP contribution in [0.15, 0.2) is 12.4 Å². The molecule has 19 heavy (non-hydrogen) atoms. The molecule has 1 atom stereocenters. The molecule has 1 unspecified atom stereocenters. The van der Waals surface area contributed by atoms with E-state index >= 15 is 0 Å². The average Bonchev–Trinajstić information content (AvgIpc) is 3.18. The van der Waals surface area contributed by atoms with E-state index in [4.69, 9.17) is 0 Å². The Morgan fingerprint density at radius 2 is 2.11 bits per heavy atom. The van der Waals surface area contributed by atoms with Crippen molar-refractivity contribution in [1.29, 1.82) is 0 Å². The highest BCUT2D eigenvalue weighted by molar-refractivity contribution is 5.42.